The summed E-state index contributed by atoms with van der Waals surface area (Å²) in [6.07, 6.45) is 1.59. The first kappa shape index (κ1) is 14.4. The SMILES string of the molecule is CC1(C(=O)NCCCS(C)(=O)=O)COCC1N. The number of carbonyl (C=O) groups excluding carboxylic acids is 1. The van der Waals surface area contributed by atoms with Crippen LogP contribution in [0.25, 0.3) is 0 Å². The van der Waals surface area contributed by atoms with E-state index in [2.05, 4.69) is 5.32 Å². The molecule has 100 valence electrons. The number of hydrogen-bond acceptors (Lipinski definition) is 5. The van der Waals surface area contributed by atoms with Gasteiger partial charge in [-0.2, -0.15) is 0 Å². The molecule has 0 aliphatic carbocycles. The van der Waals surface area contributed by atoms with Gasteiger partial charge in [0.1, 0.15) is 9.84 Å². The van der Waals surface area contributed by atoms with E-state index in [-0.39, 0.29) is 17.7 Å². The minimum absolute atomic E-state index is 0.0759. The van der Waals surface area contributed by atoms with Gasteiger partial charge in [-0.1, -0.05) is 0 Å². The quantitative estimate of drug-likeness (QED) is 0.614. The van der Waals surface area contributed by atoms with Gasteiger partial charge in [0.25, 0.3) is 0 Å². The zero-order valence-corrected chi connectivity index (χ0v) is 11.0. The predicted molar refractivity (Wildman–Crippen MR) is 64.2 cm³/mol. The Labute approximate surface area is 102 Å². The molecule has 1 rings (SSSR count). The van der Waals surface area contributed by atoms with E-state index in [1.165, 1.54) is 6.26 Å². The number of nitrogens with two attached hydrogens (primary N) is 1. The van der Waals surface area contributed by atoms with Crippen molar-refractivity contribution in [2.75, 3.05) is 31.8 Å². The molecule has 7 heteroatoms. The summed E-state index contributed by atoms with van der Waals surface area (Å²) in [5.41, 5.74) is 5.10. The summed E-state index contributed by atoms with van der Waals surface area (Å²) in [6.45, 7) is 2.80. The molecule has 0 aromatic carbocycles. The Morgan fingerprint density at radius 3 is 2.71 bits per heavy atom. The smallest absolute Gasteiger partial charge is 0.229 e. The van der Waals surface area contributed by atoms with Gasteiger partial charge in [-0.15, -0.1) is 0 Å². The summed E-state index contributed by atoms with van der Waals surface area (Å²) in [7, 11) is -2.97. The van der Waals surface area contributed by atoms with Crippen LogP contribution in [0.3, 0.4) is 0 Å². The molecule has 1 aliphatic heterocycles. The average Bonchev–Trinajstić information content (AvgIpc) is 2.54. The molecule has 6 nitrogen and oxygen atoms in total. The lowest BCUT2D eigenvalue weighted by atomic mass is 9.85. The second-order valence-electron chi connectivity index (χ2n) is 4.78. The van der Waals surface area contributed by atoms with E-state index < -0.39 is 15.3 Å². The molecule has 1 fully saturated rings. The summed E-state index contributed by atoms with van der Waals surface area (Å²) in [5.74, 6) is -0.0944. The monoisotopic (exact) mass is 264 g/mol. The molecule has 0 aromatic rings. The van der Waals surface area contributed by atoms with E-state index in [0.717, 1.165) is 0 Å². The standard InChI is InChI=1S/C10H20N2O4S/c1-10(7-16-6-8(10)11)9(13)12-4-3-5-17(2,14)15/h8H,3-7,11H2,1-2H3,(H,12,13). The summed E-state index contributed by atoms with van der Waals surface area (Å²) >= 11 is 0. The summed E-state index contributed by atoms with van der Waals surface area (Å²) in [5, 5.41) is 2.70. The first-order valence-electron chi connectivity index (χ1n) is 5.55. The van der Waals surface area contributed by atoms with Crippen LogP contribution in [0.2, 0.25) is 0 Å². The number of hydrogen-bond donors (Lipinski definition) is 2. The molecule has 0 aromatic heterocycles. The Kier molecular flexibility index (Phi) is 4.51. The normalized spacial score (nSPS) is 29.2. The van der Waals surface area contributed by atoms with Crippen LogP contribution in [0.4, 0.5) is 0 Å². The van der Waals surface area contributed by atoms with E-state index in [1.54, 1.807) is 6.92 Å². The fourth-order valence-electron chi connectivity index (χ4n) is 1.66. The summed E-state index contributed by atoms with van der Waals surface area (Å²) < 4.78 is 27.0. The second kappa shape index (κ2) is 5.32. The first-order chi connectivity index (χ1) is 7.76. The lowest BCUT2D eigenvalue weighted by molar-refractivity contribution is -0.130. The van der Waals surface area contributed by atoms with Crippen molar-refractivity contribution in [3.05, 3.63) is 0 Å². The molecule has 2 atom stereocenters. The molecular weight excluding hydrogens is 244 g/mol. The van der Waals surface area contributed by atoms with E-state index >= 15 is 0 Å². The lowest BCUT2D eigenvalue weighted by Crippen LogP contribution is -2.50. The van der Waals surface area contributed by atoms with Crippen molar-refractivity contribution in [3.63, 3.8) is 0 Å². The van der Waals surface area contributed by atoms with E-state index in [0.29, 0.717) is 26.2 Å². The molecule has 0 spiro atoms. The van der Waals surface area contributed by atoms with Crippen LogP contribution >= 0.6 is 0 Å². The third kappa shape index (κ3) is 3.93. The Morgan fingerprint density at radius 1 is 1.59 bits per heavy atom. The highest BCUT2D eigenvalue weighted by Crippen LogP contribution is 2.26. The van der Waals surface area contributed by atoms with E-state index in [4.69, 9.17) is 10.5 Å². The zero-order valence-electron chi connectivity index (χ0n) is 10.2. The molecule has 3 N–H and O–H groups in total. The van der Waals surface area contributed by atoms with Crippen LogP contribution < -0.4 is 11.1 Å². The molecule has 0 saturated carbocycles. The van der Waals surface area contributed by atoms with Gasteiger partial charge in [0.15, 0.2) is 0 Å². The van der Waals surface area contributed by atoms with Crippen molar-refractivity contribution >= 4 is 15.7 Å². The largest absolute Gasteiger partial charge is 0.379 e. The van der Waals surface area contributed by atoms with Crippen LogP contribution in [0.5, 0.6) is 0 Å². The van der Waals surface area contributed by atoms with Gasteiger partial charge in [-0.05, 0) is 13.3 Å². The molecule has 0 radical (unpaired) electrons. The van der Waals surface area contributed by atoms with Crippen LogP contribution in [0.15, 0.2) is 0 Å². The molecule has 2 unspecified atom stereocenters. The fourth-order valence-corrected chi connectivity index (χ4v) is 2.33. The molecular formula is C10H20N2O4S. The third-order valence-corrected chi connectivity index (χ3v) is 4.04. The highest BCUT2D eigenvalue weighted by molar-refractivity contribution is 7.90. The number of sulfone groups is 1. The average molecular weight is 264 g/mol. The predicted octanol–water partition coefficient (Wildman–Crippen LogP) is -1.10. The Hall–Kier alpha value is -0.660. The Morgan fingerprint density at radius 2 is 2.24 bits per heavy atom. The maximum Gasteiger partial charge on any atom is 0.229 e. The van der Waals surface area contributed by atoms with Crippen LogP contribution in [-0.4, -0.2) is 52.1 Å². The van der Waals surface area contributed by atoms with Crippen molar-refractivity contribution in [1.29, 1.82) is 0 Å². The maximum atomic E-state index is 11.9. The van der Waals surface area contributed by atoms with Crippen molar-refractivity contribution in [2.45, 2.75) is 19.4 Å². The van der Waals surface area contributed by atoms with E-state index in [9.17, 15) is 13.2 Å². The van der Waals surface area contributed by atoms with Crippen molar-refractivity contribution < 1.29 is 17.9 Å². The van der Waals surface area contributed by atoms with Gasteiger partial charge in [-0.3, -0.25) is 4.79 Å². The van der Waals surface area contributed by atoms with Gasteiger partial charge < -0.3 is 15.8 Å². The van der Waals surface area contributed by atoms with Gasteiger partial charge in [0.2, 0.25) is 5.91 Å². The first-order valence-corrected chi connectivity index (χ1v) is 7.61. The van der Waals surface area contributed by atoms with Crippen molar-refractivity contribution in [3.8, 4) is 0 Å². The molecule has 17 heavy (non-hydrogen) atoms. The van der Waals surface area contributed by atoms with Crippen molar-refractivity contribution in [1.82, 2.24) is 5.32 Å². The highest BCUT2D eigenvalue weighted by atomic mass is 32.2. The van der Waals surface area contributed by atoms with Gasteiger partial charge in [0.05, 0.1) is 24.4 Å². The Balaban J connectivity index is 2.35. The second-order valence-corrected chi connectivity index (χ2v) is 7.04. The number of nitrogens with one attached hydrogen (secondary N) is 1. The topological polar surface area (TPSA) is 98.5 Å². The highest BCUT2D eigenvalue weighted by Gasteiger charge is 2.44. The number of amides is 1. The number of ether oxygens (including phenoxy) is 1. The van der Waals surface area contributed by atoms with Crippen LogP contribution in [0, 0.1) is 5.41 Å². The summed E-state index contributed by atoms with van der Waals surface area (Å²) in [6, 6.07) is -0.308. The van der Waals surface area contributed by atoms with Crippen LogP contribution in [0.1, 0.15) is 13.3 Å². The molecule has 1 amide bonds. The number of rotatable bonds is 5. The third-order valence-electron chi connectivity index (χ3n) is 3.01. The minimum Gasteiger partial charge on any atom is -0.379 e. The van der Waals surface area contributed by atoms with E-state index in [1.807, 2.05) is 0 Å². The van der Waals surface area contributed by atoms with Gasteiger partial charge >= 0.3 is 0 Å². The molecule has 0 bridgehead atoms. The number of carbonyl (C=O) groups is 1. The Bertz CT molecular complexity index is 382. The maximum absolute atomic E-state index is 11.9. The molecule has 1 heterocycles. The van der Waals surface area contributed by atoms with Crippen molar-refractivity contribution in [2.24, 2.45) is 11.1 Å². The lowest BCUT2D eigenvalue weighted by Gasteiger charge is -2.25. The van der Waals surface area contributed by atoms with Gasteiger partial charge in [0, 0.05) is 18.8 Å². The zero-order chi connectivity index (χ0) is 13.1. The molecule has 1 aliphatic rings. The molecule has 1 saturated heterocycles. The van der Waals surface area contributed by atoms with Gasteiger partial charge in [-0.25, -0.2) is 8.42 Å². The fraction of sp³-hybridized carbons (Fsp3) is 0.900. The summed E-state index contributed by atoms with van der Waals surface area (Å²) in [4.78, 5) is 11.9. The van der Waals surface area contributed by atoms with Crippen LogP contribution in [-0.2, 0) is 19.4 Å². The minimum atomic E-state index is -2.97.